The van der Waals surface area contributed by atoms with Crippen molar-refractivity contribution in [3.05, 3.63) is 30.5 Å². The van der Waals surface area contributed by atoms with E-state index in [0.717, 1.165) is 35.6 Å². The number of aromatic nitrogens is 6. The van der Waals surface area contributed by atoms with Crippen molar-refractivity contribution in [1.29, 1.82) is 0 Å². The van der Waals surface area contributed by atoms with Gasteiger partial charge in [-0.15, -0.1) is 5.10 Å². The van der Waals surface area contributed by atoms with Crippen LogP contribution in [0.2, 0.25) is 0 Å². The van der Waals surface area contributed by atoms with Crippen LogP contribution in [-0.4, -0.2) is 85.9 Å². The first kappa shape index (κ1) is 17.4. The molecule has 0 unspecified atom stereocenters. The average Bonchev–Trinajstić information content (AvgIpc) is 3.30. The maximum atomic E-state index is 12.6. The summed E-state index contributed by atoms with van der Waals surface area (Å²) >= 11 is 0. The van der Waals surface area contributed by atoms with E-state index in [1.807, 2.05) is 42.4 Å². The fourth-order valence-electron chi connectivity index (χ4n) is 3.33. The maximum absolute atomic E-state index is 12.6. The highest BCUT2D eigenvalue weighted by Gasteiger charge is 2.23. The molecule has 10 nitrogen and oxygen atoms in total. The number of rotatable bonds is 5. The van der Waals surface area contributed by atoms with Gasteiger partial charge in [-0.3, -0.25) is 4.79 Å². The molecule has 1 saturated heterocycles. The van der Waals surface area contributed by atoms with Gasteiger partial charge in [0, 0.05) is 38.9 Å². The Bertz CT molecular complexity index is 923. The molecule has 1 N–H and O–H groups in total. The number of nitrogens with zero attached hydrogens (tertiary/aromatic N) is 8. The monoisotopic (exact) mass is 369 g/mol. The van der Waals surface area contributed by atoms with Gasteiger partial charge in [-0.25, -0.2) is 14.6 Å². The number of carbonyl (C=O) groups is 1. The molecule has 0 aromatic carbocycles. The summed E-state index contributed by atoms with van der Waals surface area (Å²) in [6.45, 7) is 3.73. The van der Waals surface area contributed by atoms with E-state index >= 15 is 0 Å². The Hall–Kier alpha value is -3.01. The average molecular weight is 369 g/mol. The summed E-state index contributed by atoms with van der Waals surface area (Å²) in [7, 11) is 3.95. The second kappa shape index (κ2) is 7.31. The molecule has 1 aliphatic rings. The normalized spacial score (nSPS) is 15.1. The minimum absolute atomic E-state index is 0.0606. The van der Waals surface area contributed by atoms with Crippen LogP contribution in [0.15, 0.2) is 24.8 Å². The second-order valence-electron chi connectivity index (χ2n) is 6.95. The van der Waals surface area contributed by atoms with E-state index in [4.69, 9.17) is 0 Å². The summed E-state index contributed by atoms with van der Waals surface area (Å²) in [6, 6.07) is 1.98. The molecule has 0 spiro atoms. The second-order valence-corrected chi connectivity index (χ2v) is 6.95. The smallest absolute Gasteiger partial charge is 0.244 e. The topological polar surface area (TPSA) is 99.1 Å². The highest BCUT2D eigenvalue weighted by Crippen LogP contribution is 2.22. The number of piperazine rings is 1. The molecule has 3 aromatic heterocycles. The lowest BCUT2D eigenvalue weighted by molar-refractivity contribution is -0.132. The molecular weight excluding hydrogens is 346 g/mol. The van der Waals surface area contributed by atoms with Crippen LogP contribution in [0, 0.1) is 0 Å². The molecule has 142 valence electrons. The lowest BCUT2D eigenvalue weighted by Gasteiger charge is -2.35. The lowest BCUT2D eigenvalue weighted by Crippen LogP contribution is -2.50. The molecule has 27 heavy (non-hydrogen) atoms. The first-order valence-corrected chi connectivity index (χ1v) is 8.95. The molecule has 10 heteroatoms. The van der Waals surface area contributed by atoms with Crippen LogP contribution in [0.4, 0.5) is 5.82 Å². The number of H-pyrrole nitrogens is 1. The van der Waals surface area contributed by atoms with Crippen LogP contribution in [0.25, 0.3) is 11.0 Å². The van der Waals surface area contributed by atoms with Crippen LogP contribution in [-0.2, 0) is 17.9 Å². The third kappa shape index (κ3) is 3.75. The zero-order valence-electron chi connectivity index (χ0n) is 15.5. The van der Waals surface area contributed by atoms with Gasteiger partial charge in [0.1, 0.15) is 24.3 Å². The Morgan fingerprint density at radius 2 is 2.04 bits per heavy atom. The van der Waals surface area contributed by atoms with Gasteiger partial charge in [0.15, 0.2) is 0 Å². The van der Waals surface area contributed by atoms with Crippen molar-refractivity contribution in [1.82, 2.24) is 39.7 Å². The minimum Gasteiger partial charge on any atom is -0.352 e. The van der Waals surface area contributed by atoms with Gasteiger partial charge < -0.3 is 19.7 Å². The first-order chi connectivity index (χ1) is 13.1. The van der Waals surface area contributed by atoms with E-state index in [1.165, 1.54) is 0 Å². The standard InChI is InChI=1S/C17H23N9O/c1-23(2)9-13-10-26(22-21-13)11-15(27)24-5-7-25(8-6-24)17-14-3-4-18-16(14)19-12-20-17/h3-4,10,12H,5-9,11H2,1-2H3,(H,18,19,20). The van der Waals surface area contributed by atoms with Crippen molar-refractivity contribution in [2.45, 2.75) is 13.1 Å². The van der Waals surface area contributed by atoms with Crippen LogP contribution < -0.4 is 4.90 Å². The number of aromatic amines is 1. The van der Waals surface area contributed by atoms with Crippen molar-refractivity contribution in [2.75, 3.05) is 45.2 Å². The minimum atomic E-state index is 0.0606. The molecule has 0 atom stereocenters. The third-order valence-corrected chi connectivity index (χ3v) is 4.63. The summed E-state index contributed by atoms with van der Waals surface area (Å²) in [4.78, 5) is 30.5. The van der Waals surface area contributed by atoms with Crippen molar-refractivity contribution in [2.24, 2.45) is 0 Å². The van der Waals surface area contributed by atoms with Gasteiger partial charge in [-0.05, 0) is 20.2 Å². The molecule has 1 amide bonds. The maximum Gasteiger partial charge on any atom is 0.244 e. The van der Waals surface area contributed by atoms with Crippen molar-refractivity contribution in [3.8, 4) is 0 Å². The first-order valence-electron chi connectivity index (χ1n) is 8.95. The van der Waals surface area contributed by atoms with Gasteiger partial charge in [-0.1, -0.05) is 5.21 Å². The van der Waals surface area contributed by atoms with E-state index in [2.05, 4.69) is 30.2 Å². The Morgan fingerprint density at radius 3 is 2.81 bits per heavy atom. The van der Waals surface area contributed by atoms with Crippen molar-refractivity contribution >= 4 is 22.8 Å². The fraction of sp³-hybridized carbons (Fsp3) is 0.471. The number of hydrogen-bond donors (Lipinski definition) is 1. The summed E-state index contributed by atoms with van der Waals surface area (Å²) in [5, 5.41) is 9.17. The summed E-state index contributed by atoms with van der Waals surface area (Å²) < 4.78 is 1.61. The predicted octanol–water partition coefficient (Wildman–Crippen LogP) is -0.0402. The van der Waals surface area contributed by atoms with Crippen LogP contribution in [0.3, 0.4) is 0 Å². The quantitative estimate of drug-likeness (QED) is 0.674. The Morgan fingerprint density at radius 1 is 1.22 bits per heavy atom. The molecule has 0 bridgehead atoms. The molecular formula is C17H23N9O. The summed E-state index contributed by atoms with van der Waals surface area (Å²) in [6.07, 6.45) is 5.27. The number of carbonyl (C=O) groups excluding carboxylic acids is 1. The number of fused-ring (bicyclic) bond motifs is 1. The number of amides is 1. The zero-order chi connectivity index (χ0) is 18.8. The van der Waals surface area contributed by atoms with E-state index in [1.54, 1.807) is 11.0 Å². The number of anilines is 1. The molecule has 0 radical (unpaired) electrons. The van der Waals surface area contributed by atoms with Gasteiger partial charge >= 0.3 is 0 Å². The summed E-state index contributed by atoms with van der Waals surface area (Å²) in [5.41, 5.74) is 1.69. The predicted molar refractivity (Wildman–Crippen MR) is 100 cm³/mol. The molecule has 0 aliphatic carbocycles. The molecule has 4 heterocycles. The van der Waals surface area contributed by atoms with Crippen LogP contribution >= 0.6 is 0 Å². The highest BCUT2D eigenvalue weighted by molar-refractivity contribution is 5.87. The molecule has 3 aromatic rings. The van der Waals surface area contributed by atoms with Crippen LogP contribution in [0.5, 0.6) is 0 Å². The van der Waals surface area contributed by atoms with Gasteiger partial charge in [0.25, 0.3) is 0 Å². The number of hydrogen-bond acceptors (Lipinski definition) is 7. The lowest BCUT2D eigenvalue weighted by atomic mass is 10.2. The van der Waals surface area contributed by atoms with E-state index < -0.39 is 0 Å². The third-order valence-electron chi connectivity index (χ3n) is 4.63. The number of nitrogens with one attached hydrogen (secondary N) is 1. The van der Waals surface area contributed by atoms with Gasteiger partial charge in [0.2, 0.25) is 5.91 Å². The Kier molecular flexibility index (Phi) is 4.71. The Balaban J connectivity index is 1.35. The zero-order valence-corrected chi connectivity index (χ0v) is 15.5. The largest absolute Gasteiger partial charge is 0.352 e. The van der Waals surface area contributed by atoms with Crippen molar-refractivity contribution in [3.63, 3.8) is 0 Å². The van der Waals surface area contributed by atoms with E-state index in [0.29, 0.717) is 19.6 Å². The van der Waals surface area contributed by atoms with E-state index in [9.17, 15) is 4.79 Å². The Labute approximate surface area is 156 Å². The molecule has 0 saturated carbocycles. The van der Waals surface area contributed by atoms with Crippen molar-refractivity contribution < 1.29 is 4.79 Å². The van der Waals surface area contributed by atoms with Gasteiger partial charge in [-0.2, -0.15) is 0 Å². The molecule has 1 aliphatic heterocycles. The molecule has 4 rings (SSSR count). The SMILES string of the molecule is CN(C)Cc1cn(CC(=O)N2CCN(c3ncnc4[nH]ccc34)CC2)nn1. The fourth-order valence-corrected chi connectivity index (χ4v) is 3.33. The summed E-state index contributed by atoms with van der Waals surface area (Å²) in [5.74, 6) is 0.975. The van der Waals surface area contributed by atoms with Gasteiger partial charge in [0.05, 0.1) is 17.3 Å². The van der Waals surface area contributed by atoms with Crippen LogP contribution in [0.1, 0.15) is 5.69 Å². The molecule has 1 fully saturated rings. The van der Waals surface area contributed by atoms with E-state index in [-0.39, 0.29) is 12.5 Å². The highest BCUT2D eigenvalue weighted by atomic mass is 16.2.